The second-order valence-electron chi connectivity index (χ2n) is 5.91. The first-order valence-corrected chi connectivity index (χ1v) is 8.09. The molecule has 0 aliphatic heterocycles. The number of ketones is 2. The molecule has 0 N–H and O–H groups in total. The molecule has 0 heterocycles. The van der Waals surface area contributed by atoms with E-state index in [1.807, 2.05) is 58.0 Å². The molecule has 2 rings (SSSR count). The molecule has 2 aromatic carbocycles. The normalized spacial score (nSPS) is 10.2. The predicted octanol–water partition coefficient (Wildman–Crippen LogP) is 5.70. The van der Waals surface area contributed by atoms with Crippen LogP contribution in [-0.2, 0) is 0 Å². The topological polar surface area (TPSA) is 34.1 Å². The van der Waals surface area contributed by atoms with Crippen molar-refractivity contribution in [3.8, 4) is 0 Å². The molecule has 0 amide bonds. The zero-order valence-electron chi connectivity index (χ0n) is 14.0. The lowest BCUT2D eigenvalue weighted by Crippen LogP contribution is -2.06. The number of Topliss-reactive ketones (excluding diaryl/α,β-unsaturated/α-hetero) is 2. The lowest BCUT2D eigenvalue weighted by atomic mass is 10.0. The van der Waals surface area contributed by atoms with E-state index in [4.69, 9.17) is 11.6 Å². The van der Waals surface area contributed by atoms with E-state index in [2.05, 4.69) is 0 Å². The monoisotopic (exact) mass is 330 g/mol. The number of hydrogen-bond donors (Lipinski definition) is 0. The summed E-state index contributed by atoms with van der Waals surface area (Å²) in [5.41, 5.74) is 1.50. The highest BCUT2D eigenvalue weighted by molar-refractivity contribution is 6.31. The van der Waals surface area contributed by atoms with Crippen LogP contribution in [0.25, 0.3) is 0 Å². The second-order valence-corrected chi connectivity index (χ2v) is 6.35. The Bertz CT molecular complexity index is 646. The summed E-state index contributed by atoms with van der Waals surface area (Å²) in [6, 6.07) is 16.4. The van der Waals surface area contributed by atoms with Gasteiger partial charge in [0.05, 0.1) is 0 Å². The maximum Gasteiger partial charge on any atom is 0.165 e. The number of halogens is 1. The number of benzene rings is 2. The van der Waals surface area contributed by atoms with E-state index < -0.39 is 0 Å². The summed E-state index contributed by atoms with van der Waals surface area (Å²) in [6.45, 7) is 7.58. The molecule has 0 aliphatic carbocycles. The number of rotatable bonds is 4. The van der Waals surface area contributed by atoms with Gasteiger partial charge in [-0.25, -0.2) is 0 Å². The van der Waals surface area contributed by atoms with Gasteiger partial charge in [-0.1, -0.05) is 81.8 Å². The smallest absolute Gasteiger partial charge is 0.165 e. The Kier molecular flexibility index (Phi) is 7.70. The molecule has 0 aromatic heterocycles. The molecule has 3 heteroatoms. The van der Waals surface area contributed by atoms with Gasteiger partial charge in [-0.15, -0.1) is 0 Å². The lowest BCUT2D eigenvalue weighted by Gasteiger charge is -2.03. The highest BCUT2D eigenvalue weighted by Gasteiger charge is 2.09. The molecular formula is C20H23ClO2. The van der Waals surface area contributed by atoms with Crippen molar-refractivity contribution in [2.45, 2.75) is 27.7 Å². The lowest BCUT2D eigenvalue weighted by molar-refractivity contribution is 0.0932. The quantitative estimate of drug-likeness (QED) is 0.673. The number of carbonyl (C=O) groups is 2. The Morgan fingerprint density at radius 2 is 1.22 bits per heavy atom. The zero-order valence-corrected chi connectivity index (χ0v) is 14.8. The summed E-state index contributed by atoms with van der Waals surface area (Å²) in [4.78, 5) is 22.8. The summed E-state index contributed by atoms with van der Waals surface area (Å²) in [5, 5.41) is 0.613. The van der Waals surface area contributed by atoms with Gasteiger partial charge < -0.3 is 0 Å². The first kappa shape index (κ1) is 19.1. The van der Waals surface area contributed by atoms with Gasteiger partial charge in [-0.2, -0.15) is 0 Å². The Morgan fingerprint density at radius 3 is 1.70 bits per heavy atom. The van der Waals surface area contributed by atoms with Crippen LogP contribution in [0.5, 0.6) is 0 Å². The van der Waals surface area contributed by atoms with Crippen LogP contribution in [0.3, 0.4) is 0 Å². The molecular weight excluding hydrogens is 308 g/mol. The molecule has 2 nitrogen and oxygen atoms in total. The van der Waals surface area contributed by atoms with Crippen molar-refractivity contribution in [3.05, 3.63) is 70.7 Å². The van der Waals surface area contributed by atoms with Gasteiger partial charge in [0.1, 0.15) is 0 Å². The van der Waals surface area contributed by atoms with E-state index >= 15 is 0 Å². The minimum absolute atomic E-state index is 0.0310. The summed E-state index contributed by atoms with van der Waals surface area (Å²) in [6.07, 6.45) is 0. The molecule has 2 aromatic rings. The van der Waals surface area contributed by atoms with E-state index in [-0.39, 0.29) is 23.4 Å². The van der Waals surface area contributed by atoms with Crippen LogP contribution in [0.15, 0.2) is 54.6 Å². The fraction of sp³-hybridized carbons (Fsp3) is 0.300. The Morgan fingerprint density at radius 1 is 0.739 bits per heavy atom. The molecule has 0 saturated heterocycles. The average molecular weight is 331 g/mol. The third-order valence-electron chi connectivity index (χ3n) is 3.22. The molecule has 0 aliphatic rings. The van der Waals surface area contributed by atoms with Gasteiger partial charge >= 0.3 is 0 Å². The third-order valence-corrected chi connectivity index (χ3v) is 3.45. The Balaban J connectivity index is 0.000000231. The first-order valence-electron chi connectivity index (χ1n) is 7.72. The molecule has 122 valence electrons. The van der Waals surface area contributed by atoms with Crippen LogP contribution in [0.2, 0.25) is 5.02 Å². The molecule has 0 radical (unpaired) electrons. The van der Waals surface area contributed by atoms with E-state index in [1.165, 1.54) is 0 Å². The molecule has 0 fully saturated rings. The van der Waals surface area contributed by atoms with Gasteiger partial charge in [0.15, 0.2) is 11.6 Å². The van der Waals surface area contributed by atoms with Crippen molar-refractivity contribution in [2.24, 2.45) is 11.8 Å². The van der Waals surface area contributed by atoms with E-state index in [0.717, 1.165) is 5.56 Å². The summed E-state index contributed by atoms with van der Waals surface area (Å²) in [7, 11) is 0. The fourth-order valence-corrected chi connectivity index (χ4v) is 2.10. The van der Waals surface area contributed by atoms with Crippen LogP contribution in [0.1, 0.15) is 48.4 Å². The van der Waals surface area contributed by atoms with Crippen molar-refractivity contribution >= 4 is 23.2 Å². The van der Waals surface area contributed by atoms with Crippen LogP contribution in [0.4, 0.5) is 0 Å². The van der Waals surface area contributed by atoms with E-state index in [1.54, 1.807) is 24.3 Å². The minimum Gasteiger partial charge on any atom is -0.294 e. The zero-order chi connectivity index (χ0) is 17.4. The molecule has 0 atom stereocenters. The van der Waals surface area contributed by atoms with Gasteiger partial charge in [-0.05, 0) is 12.1 Å². The predicted molar refractivity (Wildman–Crippen MR) is 96.2 cm³/mol. The maximum atomic E-state index is 11.4. The standard InChI is InChI=1S/C10H11ClO.C10H12O/c1-7(2)10(12)8-4-3-5-9(11)6-8;1-8(2)10(11)9-6-4-3-5-7-9/h3-7H,1-2H3;3-8H,1-2H3. The van der Waals surface area contributed by atoms with Crippen molar-refractivity contribution in [1.82, 2.24) is 0 Å². The van der Waals surface area contributed by atoms with Gasteiger partial charge in [0, 0.05) is 28.0 Å². The summed E-state index contributed by atoms with van der Waals surface area (Å²) < 4.78 is 0. The molecule has 0 unspecified atom stereocenters. The maximum absolute atomic E-state index is 11.4. The van der Waals surface area contributed by atoms with Crippen molar-refractivity contribution in [3.63, 3.8) is 0 Å². The molecule has 0 bridgehead atoms. The molecule has 0 saturated carbocycles. The molecule has 0 spiro atoms. The highest BCUT2D eigenvalue weighted by atomic mass is 35.5. The largest absolute Gasteiger partial charge is 0.294 e. The fourth-order valence-electron chi connectivity index (χ4n) is 1.91. The molecule has 23 heavy (non-hydrogen) atoms. The van der Waals surface area contributed by atoms with Crippen molar-refractivity contribution in [1.29, 1.82) is 0 Å². The minimum atomic E-state index is 0.0310. The Hall–Kier alpha value is -1.93. The first-order chi connectivity index (χ1) is 10.8. The van der Waals surface area contributed by atoms with Crippen LogP contribution < -0.4 is 0 Å². The van der Waals surface area contributed by atoms with E-state index in [9.17, 15) is 9.59 Å². The van der Waals surface area contributed by atoms with E-state index in [0.29, 0.717) is 10.6 Å². The SMILES string of the molecule is CC(C)C(=O)c1cccc(Cl)c1.CC(C)C(=O)c1ccccc1. The Labute approximate surface area is 143 Å². The van der Waals surface area contributed by atoms with Gasteiger partial charge in [-0.3, -0.25) is 9.59 Å². The number of carbonyl (C=O) groups excluding carboxylic acids is 2. The van der Waals surface area contributed by atoms with Crippen LogP contribution in [0, 0.1) is 11.8 Å². The number of hydrogen-bond acceptors (Lipinski definition) is 2. The van der Waals surface area contributed by atoms with Crippen LogP contribution in [-0.4, -0.2) is 11.6 Å². The van der Waals surface area contributed by atoms with Gasteiger partial charge in [0.2, 0.25) is 0 Å². The third kappa shape index (κ3) is 6.37. The van der Waals surface area contributed by atoms with Gasteiger partial charge in [0.25, 0.3) is 0 Å². The summed E-state index contributed by atoms with van der Waals surface area (Å²) >= 11 is 5.74. The average Bonchev–Trinajstić information content (AvgIpc) is 2.54. The summed E-state index contributed by atoms with van der Waals surface area (Å²) in [5.74, 6) is 0.476. The van der Waals surface area contributed by atoms with Crippen LogP contribution >= 0.6 is 11.6 Å². The van der Waals surface area contributed by atoms with Crippen molar-refractivity contribution < 1.29 is 9.59 Å². The second kappa shape index (κ2) is 9.26. The van der Waals surface area contributed by atoms with Crippen molar-refractivity contribution in [2.75, 3.05) is 0 Å². The highest BCUT2D eigenvalue weighted by Crippen LogP contribution is 2.14.